The molecule has 0 aromatic heterocycles. The second kappa shape index (κ2) is 3.01. The van der Waals surface area contributed by atoms with Crippen LogP contribution in [0.25, 0.3) is 0 Å². The van der Waals surface area contributed by atoms with Crippen molar-refractivity contribution in [2.24, 2.45) is 17.1 Å². The van der Waals surface area contributed by atoms with Crippen LogP contribution in [0.15, 0.2) is 0 Å². The molecule has 0 saturated heterocycles. The molecule has 0 fully saturated rings. The average Bonchev–Trinajstić information content (AvgIpc) is 1.83. The zero-order valence-electron chi connectivity index (χ0n) is 7.00. The van der Waals surface area contributed by atoms with Gasteiger partial charge in [0.2, 0.25) is 0 Å². The Morgan fingerprint density at radius 1 is 1.27 bits per heavy atom. The molecule has 0 radical (unpaired) electrons. The lowest BCUT2D eigenvalue weighted by atomic mass is 9.79. The highest BCUT2D eigenvalue weighted by molar-refractivity contribution is 4.82. The van der Waals surface area contributed by atoms with Crippen molar-refractivity contribution < 1.29 is 13.2 Å². The minimum absolute atomic E-state index is 0.0620. The van der Waals surface area contributed by atoms with E-state index in [1.807, 2.05) is 0 Å². The molecule has 0 heterocycles. The highest BCUT2D eigenvalue weighted by atomic mass is 19.4. The molecule has 0 aliphatic heterocycles. The standard InChI is InChI=1S/C7H14F3N/c1-5(4-11)6(2,3)7(8,9)10/h5H,4,11H2,1-3H3. The SMILES string of the molecule is CC(CN)C(C)(C)C(F)(F)F. The molecule has 0 rings (SSSR count). The second-order valence-electron chi connectivity index (χ2n) is 3.36. The Labute approximate surface area is 64.8 Å². The van der Waals surface area contributed by atoms with Gasteiger partial charge in [-0.1, -0.05) is 20.8 Å². The maximum absolute atomic E-state index is 12.2. The molecule has 0 aliphatic carbocycles. The quantitative estimate of drug-likeness (QED) is 0.673. The number of nitrogens with two attached hydrogens (primary N) is 1. The number of hydrogen-bond donors (Lipinski definition) is 1. The summed E-state index contributed by atoms with van der Waals surface area (Å²) in [6, 6.07) is 0. The van der Waals surface area contributed by atoms with Crippen molar-refractivity contribution in [3.8, 4) is 0 Å². The largest absolute Gasteiger partial charge is 0.394 e. The maximum Gasteiger partial charge on any atom is 0.394 e. The second-order valence-corrected chi connectivity index (χ2v) is 3.36. The first-order valence-corrected chi connectivity index (χ1v) is 3.50. The molecule has 0 aromatic rings. The van der Waals surface area contributed by atoms with E-state index in [-0.39, 0.29) is 6.54 Å². The van der Waals surface area contributed by atoms with E-state index in [1.165, 1.54) is 20.8 Å². The first kappa shape index (κ1) is 10.8. The Hall–Kier alpha value is -0.250. The minimum Gasteiger partial charge on any atom is -0.330 e. The molecular weight excluding hydrogens is 155 g/mol. The van der Waals surface area contributed by atoms with E-state index in [1.54, 1.807) is 0 Å². The molecule has 0 saturated carbocycles. The number of halogens is 3. The van der Waals surface area contributed by atoms with E-state index < -0.39 is 17.5 Å². The van der Waals surface area contributed by atoms with Gasteiger partial charge in [-0.3, -0.25) is 0 Å². The fourth-order valence-electron chi connectivity index (χ4n) is 0.574. The normalized spacial score (nSPS) is 16.6. The molecule has 0 spiro atoms. The van der Waals surface area contributed by atoms with Gasteiger partial charge in [-0.25, -0.2) is 0 Å². The van der Waals surface area contributed by atoms with Crippen LogP contribution < -0.4 is 5.73 Å². The zero-order chi connectivity index (χ0) is 9.28. The first-order valence-electron chi connectivity index (χ1n) is 3.50. The van der Waals surface area contributed by atoms with E-state index in [4.69, 9.17) is 5.73 Å². The summed E-state index contributed by atoms with van der Waals surface area (Å²) in [4.78, 5) is 0. The molecule has 11 heavy (non-hydrogen) atoms. The summed E-state index contributed by atoms with van der Waals surface area (Å²) in [6.45, 7) is 3.91. The molecule has 68 valence electrons. The zero-order valence-corrected chi connectivity index (χ0v) is 7.00. The fourth-order valence-corrected chi connectivity index (χ4v) is 0.574. The van der Waals surface area contributed by atoms with Crippen LogP contribution in [0.1, 0.15) is 20.8 Å². The van der Waals surface area contributed by atoms with E-state index in [0.717, 1.165) is 0 Å². The third-order valence-electron chi connectivity index (χ3n) is 2.32. The van der Waals surface area contributed by atoms with Crippen molar-refractivity contribution in [3.05, 3.63) is 0 Å². The topological polar surface area (TPSA) is 26.0 Å². The molecule has 0 aromatic carbocycles. The number of hydrogen-bond acceptors (Lipinski definition) is 1. The molecular formula is C7H14F3N. The van der Waals surface area contributed by atoms with Gasteiger partial charge in [-0.2, -0.15) is 13.2 Å². The summed E-state index contributed by atoms with van der Waals surface area (Å²) in [5.74, 6) is -0.539. The van der Waals surface area contributed by atoms with Crippen LogP contribution >= 0.6 is 0 Å². The fraction of sp³-hybridized carbons (Fsp3) is 1.00. The molecule has 4 heteroatoms. The summed E-state index contributed by atoms with van der Waals surface area (Å²) < 4.78 is 36.6. The van der Waals surface area contributed by atoms with Gasteiger partial charge in [-0.15, -0.1) is 0 Å². The van der Waals surface area contributed by atoms with Crippen LogP contribution in [0.4, 0.5) is 13.2 Å². The lowest BCUT2D eigenvalue weighted by Crippen LogP contribution is -2.41. The van der Waals surface area contributed by atoms with Crippen molar-refractivity contribution >= 4 is 0 Å². The highest BCUT2D eigenvalue weighted by Gasteiger charge is 2.49. The van der Waals surface area contributed by atoms with Gasteiger partial charge in [0.1, 0.15) is 0 Å². The molecule has 1 nitrogen and oxygen atoms in total. The van der Waals surface area contributed by atoms with Gasteiger partial charge in [0.05, 0.1) is 5.41 Å². The molecule has 1 atom stereocenters. The predicted octanol–water partition coefficient (Wildman–Crippen LogP) is 2.17. The van der Waals surface area contributed by atoms with Gasteiger partial charge in [0.15, 0.2) is 0 Å². The summed E-state index contributed by atoms with van der Waals surface area (Å²) in [5, 5.41) is 0. The Morgan fingerprint density at radius 2 is 1.64 bits per heavy atom. The monoisotopic (exact) mass is 169 g/mol. The van der Waals surface area contributed by atoms with Crippen molar-refractivity contribution in [2.45, 2.75) is 26.9 Å². The van der Waals surface area contributed by atoms with Gasteiger partial charge < -0.3 is 5.73 Å². The van der Waals surface area contributed by atoms with Crippen LogP contribution in [-0.2, 0) is 0 Å². The van der Waals surface area contributed by atoms with E-state index in [9.17, 15) is 13.2 Å². The maximum atomic E-state index is 12.2. The average molecular weight is 169 g/mol. The molecule has 0 aliphatic rings. The first-order chi connectivity index (χ1) is 4.73. The number of alkyl halides is 3. The third-order valence-corrected chi connectivity index (χ3v) is 2.32. The lowest BCUT2D eigenvalue weighted by Gasteiger charge is -2.32. The van der Waals surface area contributed by atoms with E-state index >= 15 is 0 Å². The summed E-state index contributed by atoms with van der Waals surface area (Å²) in [5.41, 5.74) is 3.48. The third kappa shape index (κ3) is 2.09. The van der Waals surface area contributed by atoms with Crippen molar-refractivity contribution in [3.63, 3.8) is 0 Å². The van der Waals surface area contributed by atoms with Gasteiger partial charge in [0, 0.05) is 0 Å². The van der Waals surface area contributed by atoms with E-state index in [2.05, 4.69) is 0 Å². The smallest absolute Gasteiger partial charge is 0.330 e. The van der Waals surface area contributed by atoms with Crippen molar-refractivity contribution in [1.82, 2.24) is 0 Å². The van der Waals surface area contributed by atoms with Gasteiger partial charge in [0.25, 0.3) is 0 Å². The van der Waals surface area contributed by atoms with Crippen LogP contribution in [0.3, 0.4) is 0 Å². The minimum atomic E-state index is -4.16. The van der Waals surface area contributed by atoms with Crippen molar-refractivity contribution in [1.29, 1.82) is 0 Å². The molecule has 0 bridgehead atoms. The van der Waals surface area contributed by atoms with Crippen LogP contribution in [0.2, 0.25) is 0 Å². The lowest BCUT2D eigenvalue weighted by molar-refractivity contribution is -0.226. The van der Waals surface area contributed by atoms with Gasteiger partial charge >= 0.3 is 6.18 Å². The number of rotatable bonds is 2. The van der Waals surface area contributed by atoms with Crippen LogP contribution in [0, 0.1) is 11.3 Å². The molecule has 0 amide bonds. The molecule has 1 unspecified atom stereocenters. The summed E-state index contributed by atoms with van der Waals surface area (Å²) in [6.07, 6.45) is -4.16. The Bertz CT molecular complexity index is 128. The Balaban J connectivity index is 4.45. The van der Waals surface area contributed by atoms with Crippen molar-refractivity contribution in [2.75, 3.05) is 6.54 Å². The molecule has 2 N–H and O–H groups in total. The van der Waals surface area contributed by atoms with Gasteiger partial charge in [-0.05, 0) is 12.5 Å². The van der Waals surface area contributed by atoms with E-state index in [0.29, 0.717) is 0 Å². The van der Waals surface area contributed by atoms with Crippen LogP contribution in [0.5, 0.6) is 0 Å². The Kier molecular flexibility index (Phi) is 2.94. The summed E-state index contributed by atoms with van der Waals surface area (Å²) >= 11 is 0. The predicted molar refractivity (Wildman–Crippen MR) is 38.1 cm³/mol. The Morgan fingerprint density at radius 3 is 1.73 bits per heavy atom. The highest BCUT2D eigenvalue weighted by Crippen LogP contribution is 2.42. The summed E-state index contributed by atoms with van der Waals surface area (Å²) in [7, 11) is 0. The van der Waals surface area contributed by atoms with Crippen LogP contribution in [-0.4, -0.2) is 12.7 Å².